The molecule has 0 bridgehead atoms. The summed E-state index contributed by atoms with van der Waals surface area (Å²) in [6.45, 7) is 17.2. The van der Waals surface area contributed by atoms with Crippen molar-refractivity contribution < 1.29 is 12.3 Å². The molecule has 63 heavy (non-hydrogen) atoms. The Kier molecular flexibility index (Phi) is 13.4. The van der Waals surface area contributed by atoms with Gasteiger partial charge in [-0.25, -0.2) is 0 Å². The largest absolute Gasteiger partial charge is 0.424 e. The van der Waals surface area contributed by atoms with Crippen LogP contribution in [0.2, 0.25) is 0 Å². The number of rotatable bonds is 14. The van der Waals surface area contributed by atoms with E-state index in [2.05, 4.69) is 250 Å². The van der Waals surface area contributed by atoms with E-state index in [1.165, 1.54) is 65.3 Å². The zero-order chi connectivity index (χ0) is 44.1. The molecule has 3 nitrogen and oxygen atoms in total. The van der Waals surface area contributed by atoms with E-state index >= 15 is 0 Å². The van der Waals surface area contributed by atoms with E-state index in [-0.39, 0.29) is 0 Å². The third kappa shape index (κ3) is 9.86. The SMILES string of the molecule is Cc1ccc([SiH](O[Si](O[Si](O[SiH](c2ccc(C)cc2)c2ccc(C)cc2)(c2ccc(C)cc2)c2ccc(C)cc2)(c2ccc(C)cc2)c2ccc(C)cc2)c2ccc(C)cc2)cc1. The summed E-state index contributed by atoms with van der Waals surface area (Å²) in [5.41, 5.74) is 9.59. The van der Waals surface area contributed by atoms with Crippen molar-refractivity contribution in [2.24, 2.45) is 0 Å². The van der Waals surface area contributed by atoms with E-state index in [4.69, 9.17) is 12.3 Å². The Hall–Kier alpha value is -5.49. The minimum Gasteiger partial charge on any atom is -0.424 e. The lowest BCUT2D eigenvalue weighted by atomic mass is 10.2. The summed E-state index contributed by atoms with van der Waals surface area (Å²) >= 11 is 0. The second-order valence-electron chi connectivity index (χ2n) is 17.4. The van der Waals surface area contributed by atoms with Crippen LogP contribution < -0.4 is 41.5 Å². The number of benzene rings is 8. The van der Waals surface area contributed by atoms with Crippen molar-refractivity contribution in [2.75, 3.05) is 0 Å². The first-order chi connectivity index (χ1) is 30.4. The Morgan fingerprint density at radius 3 is 0.571 bits per heavy atom. The van der Waals surface area contributed by atoms with Crippen LogP contribution in [0.15, 0.2) is 194 Å². The summed E-state index contributed by atoms with van der Waals surface area (Å²) in [7, 11) is -12.7. The van der Waals surface area contributed by atoms with Gasteiger partial charge in [-0.3, -0.25) is 0 Å². The van der Waals surface area contributed by atoms with Gasteiger partial charge in [0.15, 0.2) is 0 Å². The monoisotopic (exact) mass is 890 g/mol. The molecule has 8 rings (SSSR count). The zero-order valence-electron chi connectivity index (χ0n) is 37.9. The molecule has 0 unspecified atom stereocenters. The molecule has 0 saturated heterocycles. The molecule has 8 aromatic carbocycles. The van der Waals surface area contributed by atoms with Crippen LogP contribution >= 0.6 is 0 Å². The third-order valence-electron chi connectivity index (χ3n) is 12.1. The van der Waals surface area contributed by atoms with Crippen LogP contribution in [0.25, 0.3) is 0 Å². The smallest absolute Gasteiger partial charge is 0.388 e. The Labute approximate surface area is 381 Å². The lowest BCUT2D eigenvalue weighted by Crippen LogP contribution is -2.78. The van der Waals surface area contributed by atoms with Gasteiger partial charge in [-0.05, 0) is 96.9 Å². The van der Waals surface area contributed by atoms with Crippen molar-refractivity contribution in [1.29, 1.82) is 0 Å². The van der Waals surface area contributed by atoms with Gasteiger partial charge in [0.1, 0.15) is 0 Å². The molecule has 0 amide bonds. The maximum atomic E-state index is 8.67. The lowest BCUT2D eigenvalue weighted by Gasteiger charge is -2.44. The molecule has 7 heteroatoms. The molecular formula is C56H58O3Si4. The second kappa shape index (κ2) is 19.1. The van der Waals surface area contributed by atoms with Crippen LogP contribution in [0.1, 0.15) is 44.5 Å². The highest BCUT2D eigenvalue weighted by Gasteiger charge is 2.56. The molecule has 0 spiro atoms. The summed E-state index contributed by atoms with van der Waals surface area (Å²) in [6.07, 6.45) is 0. The standard InChI is InChI=1S/C56H58O3Si4/c1-41-9-25-49(26-10-41)60(50-27-11-42(2)12-28-50)57-62(53-33-17-45(5)18-34-53,54-35-19-46(6)20-36-54)59-63(55-37-21-47(7)22-38-55,56-39-23-48(8)24-40-56)58-61(51-29-13-43(3)14-30-51)52-31-15-44(4)16-32-52/h9-40,60-61H,1-8H3. The predicted molar refractivity (Wildman–Crippen MR) is 276 cm³/mol. The van der Waals surface area contributed by atoms with Gasteiger partial charge in [0.05, 0.1) is 0 Å². The van der Waals surface area contributed by atoms with Crippen molar-refractivity contribution in [3.05, 3.63) is 239 Å². The fourth-order valence-electron chi connectivity index (χ4n) is 8.14. The summed E-state index contributed by atoms with van der Waals surface area (Å²) in [5.74, 6) is 0. The van der Waals surface area contributed by atoms with E-state index in [0.717, 1.165) is 20.7 Å². The molecule has 0 heterocycles. The minimum absolute atomic E-state index is 1.05. The average molecular weight is 891 g/mol. The molecular weight excluding hydrogens is 833 g/mol. The van der Waals surface area contributed by atoms with E-state index in [1.807, 2.05) is 0 Å². The van der Waals surface area contributed by atoms with Crippen molar-refractivity contribution >= 4 is 76.7 Å². The van der Waals surface area contributed by atoms with Crippen molar-refractivity contribution in [1.82, 2.24) is 0 Å². The van der Waals surface area contributed by atoms with Crippen molar-refractivity contribution in [2.45, 2.75) is 55.4 Å². The molecule has 0 aliphatic rings. The molecule has 0 aliphatic heterocycles. The molecule has 0 radical (unpaired) electrons. The Morgan fingerprint density at radius 1 is 0.238 bits per heavy atom. The van der Waals surface area contributed by atoms with Gasteiger partial charge < -0.3 is 12.3 Å². The van der Waals surface area contributed by atoms with Crippen molar-refractivity contribution in [3.63, 3.8) is 0 Å². The van der Waals surface area contributed by atoms with Crippen LogP contribution in [0, 0.1) is 55.4 Å². The van der Waals surface area contributed by atoms with Crippen LogP contribution in [-0.2, 0) is 12.3 Å². The Balaban J connectivity index is 1.48. The molecule has 0 N–H and O–H groups in total. The van der Waals surface area contributed by atoms with Crippen LogP contribution in [-0.4, -0.2) is 35.2 Å². The molecule has 316 valence electrons. The number of hydrogen-bond donors (Lipinski definition) is 0. The lowest BCUT2D eigenvalue weighted by molar-refractivity contribution is 0.369. The molecule has 0 aliphatic carbocycles. The first kappa shape index (κ1) is 44.1. The van der Waals surface area contributed by atoms with E-state index in [9.17, 15) is 0 Å². The summed E-state index contributed by atoms with van der Waals surface area (Å²) < 4.78 is 25.4. The minimum atomic E-state index is -3.84. The normalized spacial score (nSPS) is 12.0. The fraction of sp³-hybridized carbons (Fsp3) is 0.143. The average Bonchev–Trinajstić information content (AvgIpc) is 3.29. The topological polar surface area (TPSA) is 27.7 Å². The molecule has 0 saturated carbocycles. The highest BCUT2D eigenvalue weighted by molar-refractivity contribution is 7.09. The van der Waals surface area contributed by atoms with Crippen LogP contribution in [0.5, 0.6) is 0 Å². The summed E-state index contributed by atoms with van der Waals surface area (Å²) in [6, 6.07) is 71.7. The Morgan fingerprint density at radius 2 is 0.397 bits per heavy atom. The van der Waals surface area contributed by atoms with Gasteiger partial charge in [0.25, 0.3) is 0 Å². The van der Waals surface area contributed by atoms with Gasteiger partial charge in [0, 0.05) is 0 Å². The third-order valence-corrected chi connectivity index (χ3v) is 27.3. The highest BCUT2D eigenvalue weighted by Crippen LogP contribution is 2.24. The van der Waals surface area contributed by atoms with Crippen LogP contribution in [0.3, 0.4) is 0 Å². The van der Waals surface area contributed by atoms with Gasteiger partial charge >= 0.3 is 17.1 Å². The highest BCUT2D eigenvalue weighted by atomic mass is 28.5. The predicted octanol–water partition coefficient (Wildman–Crippen LogP) is 7.09. The molecule has 0 aromatic heterocycles. The van der Waals surface area contributed by atoms with Crippen LogP contribution in [0.4, 0.5) is 0 Å². The van der Waals surface area contributed by atoms with Gasteiger partial charge in [-0.2, -0.15) is 0 Å². The van der Waals surface area contributed by atoms with Gasteiger partial charge in [-0.1, -0.05) is 239 Å². The Bertz CT molecular complexity index is 2360. The second-order valence-corrected chi connectivity index (χ2v) is 29.1. The summed E-state index contributed by atoms with van der Waals surface area (Å²) in [4.78, 5) is 0. The van der Waals surface area contributed by atoms with Crippen molar-refractivity contribution in [3.8, 4) is 0 Å². The van der Waals surface area contributed by atoms with E-state index < -0.39 is 35.2 Å². The maximum Gasteiger partial charge on any atom is 0.388 e. The zero-order valence-corrected chi connectivity index (χ0v) is 42.2. The fourth-order valence-corrected chi connectivity index (χ4v) is 25.9. The quantitative estimate of drug-likeness (QED) is 0.109. The van der Waals surface area contributed by atoms with Gasteiger partial charge in [0.2, 0.25) is 18.1 Å². The number of aryl methyl sites for hydroxylation is 8. The maximum absolute atomic E-state index is 8.67. The molecule has 0 fully saturated rings. The molecule has 8 aromatic rings. The first-order valence-corrected chi connectivity index (χ1v) is 28.9. The van der Waals surface area contributed by atoms with E-state index in [0.29, 0.717) is 0 Å². The summed E-state index contributed by atoms with van der Waals surface area (Å²) in [5, 5.41) is 9.03. The number of hydrogen-bond acceptors (Lipinski definition) is 3. The van der Waals surface area contributed by atoms with Gasteiger partial charge in [-0.15, -0.1) is 0 Å². The molecule has 0 atom stereocenters. The van der Waals surface area contributed by atoms with E-state index in [1.54, 1.807) is 0 Å². The first-order valence-electron chi connectivity index (χ1n) is 22.0.